The van der Waals surface area contributed by atoms with Crippen molar-refractivity contribution < 1.29 is 22.7 Å². The second-order valence-electron chi connectivity index (χ2n) is 8.65. The number of aromatic nitrogens is 2. The number of carbonyl (C=O) groups excluding carboxylic acids is 1. The number of anilines is 1. The summed E-state index contributed by atoms with van der Waals surface area (Å²) >= 11 is 0. The molecule has 0 aliphatic rings. The number of hydrogen-bond acceptors (Lipinski definition) is 4. The van der Waals surface area contributed by atoms with Crippen LogP contribution in [0.15, 0.2) is 97.3 Å². The highest BCUT2D eigenvalue weighted by atomic mass is 19.2. The van der Waals surface area contributed by atoms with Crippen LogP contribution >= 0.6 is 0 Å². The molecule has 0 aliphatic carbocycles. The summed E-state index contributed by atoms with van der Waals surface area (Å²) in [6, 6.07) is 23.3. The van der Waals surface area contributed by atoms with Crippen molar-refractivity contribution in [2.24, 2.45) is 0 Å². The van der Waals surface area contributed by atoms with Gasteiger partial charge in [0.1, 0.15) is 18.2 Å². The number of para-hydroxylation sites is 1. The summed E-state index contributed by atoms with van der Waals surface area (Å²) in [5, 5.41) is 1.04. The van der Waals surface area contributed by atoms with E-state index in [-0.39, 0.29) is 18.7 Å². The second-order valence-corrected chi connectivity index (χ2v) is 8.65. The molecule has 8 heteroatoms. The first-order valence-electron chi connectivity index (χ1n) is 11.9. The van der Waals surface area contributed by atoms with E-state index in [4.69, 9.17) is 4.74 Å². The van der Waals surface area contributed by atoms with Gasteiger partial charge in [-0.1, -0.05) is 30.3 Å². The SMILES string of the molecule is O=C(Cc1cc(F)c(F)cc1F)N(Cc1cccnc1)c1ccc(OCc2ccc3ccccc3n2)cc1. The monoisotopic (exact) mass is 513 g/mol. The van der Waals surface area contributed by atoms with Crippen LogP contribution in [0.2, 0.25) is 0 Å². The summed E-state index contributed by atoms with van der Waals surface area (Å²) in [4.78, 5) is 23.4. The van der Waals surface area contributed by atoms with Gasteiger partial charge in [-0.15, -0.1) is 0 Å². The Hall–Kier alpha value is -4.72. The zero-order valence-electron chi connectivity index (χ0n) is 20.2. The zero-order valence-corrected chi connectivity index (χ0v) is 20.2. The molecule has 3 aromatic carbocycles. The van der Waals surface area contributed by atoms with Gasteiger partial charge in [0, 0.05) is 35.1 Å². The van der Waals surface area contributed by atoms with Gasteiger partial charge in [0.2, 0.25) is 5.91 Å². The quantitative estimate of drug-likeness (QED) is 0.225. The second kappa shape index (κ2) is 11.1. The Balaban J connectivity index is 1.34. The molecule has 1 amide bonds. The number of nitrogens with zero attached hydrogens (tertiary/aromatic N) is 3. The standard InChI is InChI=1S/C30H22F3N3O2/c31-26-16-28(33)27(32)14-22(26)15-30(37)36(18-20-4-3-13-34-17-20)24-9-11-25(12-10-24)38-19-23-8-7-21-5-1-2-6-29(21)35-23/h1-14,16-17H,15,18-19H2. The fourth-order valence-electron chi connectivity index (χ4n) is 4.02. The van der Waals surface area contributed by atoms with Crippen molar-refractivity contribution in [3.63, 3.8) is 0 Å². The maximum absolute atomic E-state index is 14.2. The van der Waals surface area contributed by atoms with Crippen molar-refractivity contribution in [2.75, 3.05) is 4.90 Å². The van der Waals surface area contributed by atoms with Crippen LogP contribution in [0.1, 0.15) is 16.8 Å². The molecule has 0 radical (unpaired) electrons. The highest BCUT2D eigenvalue weighted by Crippen LogP contribution is 2.24. The molecule has 0 saturated carbocycles. The number of ether oxygens (including phenoxy) is 1. The largest absolute Gasteiger partial charge is 0.487 e. The van der Waals surface area contributed by atoms with Gasteiger partial charge in [-0.05, 0) is 54.1 Å². The molecule has 0 saturated heterocycles. The van der Waals surface area contributed by atoms with E-state index in [0.717, 1.165) is 22.2 Å². The molecular formula is C30H22F3N3O2. The van der Waals surface area contributed by atoms with Gasteiger partial charge < -0.3 is 9.64 Å². The van der Waals surface area contributed by atoms with E-state index in [2.05, 4.69) is 9.97 Å². The van der Waals surface area contributed by atoms with Crippen LogP contribution in [-0.2, 0) is 24.4 Å². The molecule has 190 valence electrons. The van der Waals surface area contributed by atoms with Gasteiger partial charge in [-0.25, -0.2) is 18.2 Å². The topological polar surface area (TPSA) is 55.3 Å². The zero-order chi connectivity index (χ0) is 26.5. The van der Waals surface area contributed by atoms with Gasteiger partial charge >= 0.3 is 0 Å². The Labute approximate surface area is 217 Å². The summed E-state index contributed by atoms with van der Waals surface area (Å²) < 4.78 is 47.2. The fraction of sp³-hybridized carbons (Fsp3) is 0.100. The number of fused-ring (bicyclic) bond motifs is 1. The van der Waals surface area contributed by atoms with Crippen molar-refractivity contribution in [1.82, 2.24) is 9.97 Å². The highest BCUT2D eigenvalue weighted by molar-refractivity contribution is 5.94. The lowest BCUT2D eigenvalue weighted by atomic mass is 10.1. The molecule has 0 atom stereocenters. The lowest BCUT2D eigenvalue weighted by Crippen LogP contribution is -2.32. The first-order valence-corrected chi connectivity index (χ1v) is 11.9. The van der Waals surface area contributed by atoms with Crippen molar-refractivity contribution in [2.45, 2.75) is 19.6 Å². The molecule has 5 rings (SSSR count). The Morgan fingerprint density at radius 1 is 0.842 bits per heavy atom. The summed E-state index contributed by atoms with van der Waals surface area (Å²) in [7, 11) is 0. The summed E-state index contributed by atoms with van der Waals surface area (Å²) in [6.45, 7) is 0.414. The van der Waals surface area contributed by atoms with Gasteiger partial charge in [-0.2, -0.15) is 0 Å². The van der Waals surface area contributed by atoms with E-state index >= 15 is 0 Å². The number of amides is 1. The molecule has 5 aromatic rings. The predicted molar refractivity (Wildman–Crippen MR) is 138 cm³/mol. The summed E-state index contributed by atoms with van der Waals surface area (Å²) in [5.41, 5.74) is 2.70. The van der Waals surface area contributed by atoms with Gasteiger partial charge in [0.05, 0.1) is 24.2 Å². The maximum atomic E-state index is 14.2. The normalized spacial score (nSPS) is 10.9. The van der Waals surface area contributed by atoms with E-state index in [1.807, 2.05) is 36.4 Å². The summed E-state index contributed by atoms with van der Waals surface area (Å²) in [5.74, 6) is -3.42. The molecule has 38 heavy (non-hydrogen) atoms. The first-order chi connectivity index (χ1) is 18.5. The van der Waals surface area contributed by atoms with Crippen LogP contribution in [0.5, 0.6) is 5.75 Å². The van der Waals surface area contributed by atoms with Gasteiger partial charge in [0.25, 0.3) is 0 Å². The molecule has 2 aromatic heterocycles. The Morgan fingerprint density at radius 2 is 1.63 bits per heavy atom. The number of hydrogen-bond donors (Lipinski definition) is 0. The summed E-state index contributed by atoms with van der Waals surface area (Å²) in [6.07, 6.45) is 2.78. The minimum absolute atomic E-state index is 0.152. The van der Waals surface area contributed by atoms with Crippen molar-refractivity contribution in [3.8, 4) is 5.75 Å². The minimum atomic E-state index is -1.31. The van der Waals surface area contributed by atoms with Crippen molar-refractivity contribution >= 4 is 22.5 Å². The van der Waals surface area contributed by atoms with Crippen LogP contribution in [0.3, 0.4) is 0 Å². The van der Waals surface area contributed by atoms with E-state index in [1.54, 1.807) is 48.8 Å². The lowest BCUT2D eigenvalue weighted by Gasteiger charge is -2.23. The Kier molecular flexibility index (Phi) is 7.31. The molecule has 0 unspecified atom stereocenters. The third kappa shape index (κ3) is 5.81. The predicted octanol–water partition coefficient (Wildman–Crippen LogP) is 6.40. The number of halogens is 3. The van der Waals surface area contributed by atoms with Gasteiger partial charge in [-0.3, -0.25) is 9.78 Å². The number of carbonyl (C=O) groups is 1. The van der Waals surface area contributed by atoms with Crippen LogP contribution < -0.4 is 9.64 Å². The average molecular weight is 514 g/mol. The highest BCUT2D eigenvalue weighted by Gasteiger charge is 2.20. The average Bonchev–Trinajstić information content (AvgIpc) is 2.94. The molecule has 0 aliphatic heterocycles. The number of benzene rings is 3. The minimum Gasteiger partial charge on any atom is -0.487 e. The van der Waals surface area contributed by atoms with Crippen molar-refractivity contribution in [1.29, 1.82) is 0 Å². The Bertz CT molecular complexity index is 1580. The fourth-order valence-corrected chi connectivity index (χ4v) is 4.02. The molecule has 0 N–H and O–H groups in total. The van der Waals surface area contributed by atoms with Crippen molar-refractivity contribution in [3.05, 3.63) is 132 Å². The molecule has 0 fully saturated rings. The molecule has 0 spiro atoms. The van der Waals surface area contributed by atoms with E-state index in [1.165, 1.54) is 4.90 Å². The number of rotatable bonds is 8. The Morgan fingerprint density at radius 3 is 2.42 bits per heavy atom. The van der Waals surface area contributed by atoms with Gasteiger partial charge in [0.15, 0.2) is 11.6 Å². The lowest BCUT2D eigenvalue weighted by molar-refractivity contribution is -0.118. The number of pyridine rings is 2. The third-order valence-electron chi connectivity index (χ3n) is 5.99. The van der Waals surface area contributed by atoms with Crippen LogP contribution in [0.25, 0.3) is 10.9 Å². The third-order valence-corrected chi connectivity index (χ3v) is 5.99. The van der Waals surface area contributed by atoms with Crippen LogP contribution in [0, 0.1) is 17.5 Å². The van der Waals surface area contributed by atoms with E-state index < -0.39 is 29.8 Å². The first kappa shape index (κ1) is 25.0. The smallest absolute Gasteiger partial charge is 0.231 e. The van der Waals surface area contributed by atoms with Crippen LogP contribution in [0.4, 0.5) is 18.9 Å². The van der Waals surface area contributed by atoms with Crippen LogP contribution in [-0.4, -0.2) is 15.9 Å². The maximum Gasteiger partial charge on any atom is 0.231 e. The molecular weight excluding hydrogens is 491 g/mol. The van der Waals surface area contributed by atoms with E-state index in [0.29, 0.717) is 23.6 Å². The van der Waals surface area contributed by atoms with E-state index in [9.17, 15) is 18.0 Å². The molecule has 0 bridgehead atoms. The molecule has 2 heterocycles. The molecule has 5 nitrogen and oxygen atoms in total.